The lowest BCUT2D eigenvalue weighted by Crippen LogP contribution is -2.21. The molecule has 0 radical (unpaired) electrons. The van der Waals surface area contributed by atoms with E-state index in [0.29, 0.717) is 10.2 Å². The van der Waals surface area contributed by atoms with Crippen molar-refractivity contribution in [2.45, 2.75) is 13.1 Å². The highest BCUT2D eigenvalue weighted by Crippen LogP contribution is 2.34. The number of nitrogens with zero attached hydrogens (tertiary/aromatic N) is 6. The van der Waals surface area contributed by atoms with Crippen LogP contribution in [0.25, 0.3) is 11.5 Å². The van der Waals surface area contributed by atoms with E-state index in [4.69, 9.17) is 0 Å². The second kappa shape index (κ2) is 8.20. The van der Waals surface area contributed by atoms with Gasteiger partial charge in [0.25, 0.3) is 5.91 Å². The second-order valence-electron chi connectivity index (χ2n) is 7.57. The molecule has 0 aliphatic heterocycles. The van der Waals surface area contributed by atoms with Crippen molar-refractivity contribution in [2.75, 3.05) is 17.8 Å². The maximum Gasteiger partial charge on any atom is 0.434 e. The number of pyridine rings is 2. The molecule has 1 N–H and O–H groups in total. The molecule has 0 aliphatic rings. The molecule has 4 heterocycles. The largest absolute Gasteiger partial charge is 0.434 e. The van der Waals surface area contributed by atoms with E-state index < -0.39 is 38.9 Å². The van der Waals surface area contributed by atoms with Crippen LogP contribution in [0.1, 0.15) is 21.6 Å². The molecule has 4 aromatic heterocycles. The highest BCUT2D eigenvalue weighted by Gasteiger charge is 2.41. The number of anilines is 1. The Morgan fingerprint density at radius 2 is 1.91 bits per heavy atom. The van der Waals surface area contributed by atoms with Crippen molar-refractivity contribution in [2.24, 2.45) is 4.36 Å². The Kier molecular flexibility index (Phi) is 5.63. The first-order valence-corrected chi connectivity index (χ1v) is 11.9. The number of rotatable bonds is 4. The smallest absolute Gasteiger partial charge is 0.320 e. The minimum absolute atomic E-state index is 0.111. The SMILES string of the molecule is Cc1cc(NC(=O)c2cnn(-c3ccc(F)c4nccn34)c2C(F)(F)F)cnc1N=S(C)(C)=O. The van der Waals surface area contributed by atoms with Crippen LogP contribution in [0, 0.1) is 12.7 Å². The molecule has 34 heavy (non-hydrogen) atoms. The molecule has 0 aromatic carbocycles. The minimum Gasteiger partial charge on any atom is -0.320 e. The zero-order valence-corrected chi connectivity index (χ0v) is 18.8. The summed E-state index contributed by atoms with van der Waals surface area (Å²) in [5.41, 5.74) is -1.71. The number of aryl methyl sites for hydroxylation is 1. The van der Waals surface area contributed by atoms with E-state index in [0.717, 1.165) is 22.7 Å². The molecule has 0 saturated carbocycles. The van der Waals surface area contributed by atoms with Crippen LogP contribution >= 0.6 is 0 Å². The van der Waals surface area contributed by atoms with E-state index >= 15 is 0 Å². The molecule has 0 fully saturated rings. The number of alkyl halides is 3. The summed E-state index contributed by atoms with van der Waals surface area (Å²) in [6.07, 6.45) is 2.37. The number of amides is 1. The van der Waals surface area contributed by atoms with E-state index in [1.807, 2.05) is 0 Å². The van der Waals surface area contributed by atoms with E-state index in [2.05, 4.69) is 24.7 Å². The van der Waals surface area contributed by atoms with E-state index in [1.54, 1.807) is 6.92 Å². The zero-order chi connectivity index (χ0) is 24.8. The molecule has 0 aliphatic carbocycles. The molecular weight excluding hydrogens is 478 g/mol. The molecule has 14 heteroatoms. The van der Waals surface area contributed by atoms with Crippen molar-refractivity contribution in [1.29, 1.82) is 0 Å². The number of halogens is 4. The Hall–Kier alpha value is -3.81. The number of hydrogen-bond acceptors (Lipinski definition) is 6. The van der Waals surface area contributed by atoms with Gasteiger partial charge in [-0.15, -0.1) is 0 Å². The third-order valence-electron chi connectivity index (χ3n) is 4.59. The highest BCUT2D eigenvalue weighted by atomic mass is 32.2. The zero-order valence-electron chi connectivity index (χ0n) is 18.0. The molecule has 0 bridgehead atoms. The Balaban J connectivity index is 1.74. The fourth-order valence-corrected chi connectivity index (χ4v) is 3.85. The lowest BCUT2D eigenvalue weighted by Gasteiger charge is -2.14. The average Bonchev–Trinajstić information content (AvgIpc) is 3.37. The maximum atomic E-state index is 14.0. The topological polar surface area (TPSA) is 107 Å². The van der Waals surface area contributed by atoms with E-state index in [-0.39, 0.29) is 23.0 Å². The lowest BCUT2D eigenvalue weighted by molar-refractivity contribution is -0.143. The molecule has 178 valence electrons. The van der Waals surface area contributed by atoms with Crippen molar-refractivity contribution in [3.05, 3.63) is 65.6 Å². The summed E-state index contributed by atoms with van der Waals surface area (Å²) in [6, 6.07) is 3.51. The first-order chi connectivity index (χ1) is 15.8. The van der Waals surface area contributed by atoms with Gasteiger partial charge in [0.1, 0.15) is 5.82 Å². The Morgan fingerprint density at radius 1 is 1.18 bits per heavy atom. The Labute approximate surface area is 190 Å². The molecule has 0 spiro atoms. The number of carbonyl (C=O) groups is 1. The predicted octanol–water partition coefficient (Wildman–Crippen LogP) is 3.99. The van der Waals surface area contributed by atoms with Gasteiger partial charge in [-0.1, -0.05) is 0 Å². The molecule has 4 rings (SSSR count). The summed E-state index contributed by atoms with van der Waals surface area (Å²) in [5, 5.41) is 6.11. The van der Waals surface area contributed by atoms with Gasteiger partial charge in [0.2, 0.25) is 0 Å². The number of nitrogens with one attached hydrogen (secondary N) is 1. The van der Waals surface area contributed by atoms with Gasteiger partial charge in [0.05, 0.1) is 23.6 Å². The van der Waals surface area contributed by atoms with Crippen molar-refractivity contribution in [3.63, 3.8) is 0 Å². The number of imidazole rings is 1. The number of hydrogen-bond donors (Lipinski definition) is 1. The highest BCUT2D eigenvalue weighted by molar-refractivity contribution is 7.92. The number of aromatic nitrogens is 5. The average molecular weight is 495 g/mol. The summed E-state index contributed by atoms with van der Waals surface area (Å²) in [6.45, 7) is 1.61. The summed E-state index contributed by atoms with van der Waals surface area (Å²) >= 11 is 0. The third kappa shape index (κ3) is 4.48. The van der Waals surface area contributed by atoms with Crippen LogP contribution in [0.5, 0.6) is 0 Å². The van der Waals surface area contributed by atoms with Crippen LogP contribution in [0.15, 0.2) is 47.3 Å². The van der Waals surface area contributed by atoms with Gasteiger partial charge in [0, 0.05) is 34.6 Å². The quantitative estimate of drug-likeness (QED) is 0.431. The lowest BCUT2D eigenvalue weighted by atomic mass is 10.2. The standard InChI is InChI=1S/C20H17F4N7O2S/c1-11-8-12(9-26-17(11)29-34(2,3)33)28-19(32)13-10-27-31(16(13)20(22,23)24)15-5-4-14(21)18-25-6-7-30(15)18/h4-10H,1-3H3,(H,28,32). The minimum atomic E-state index is -4.97. The van der Waals surface area contributed by atoms with Gasteiger partial charge < -0.3 is 5.32 Å². The Bertz CT molecular complexity index is 1540. The van der Waals surface area contributed by atoms with E-state index in [9.17, 15) is 26.6 Å². The van der Waals surface area contributed by atoms with Gasteiger partial charge >= 0.3 is 6.18 Å². The Morgan fingerprint density at radius 3 is 2.56 bits per heavy atom. The normalized spacial score (nSPS) is 12.2. The van der Waals surface area contributed by atoms with Crippen LogP contribution in [0.4, 0.5) is 29.1 Å². The predicted molar refractivity (Wildman–Crippen MR) is 116 cm³/mol. The molecule has 1 amide bonds. The van der Waals surface area contributed by atoms with Crippen LogP contribution in [-0.2, 0) is 15.9 Å². The fourth-order valence-electron chi connectivity index (χ4n) is 3.24. The first-order valence-electron chi connectivity index (χ1n) is 9.57. The van der Waals surface area contributed by atoms with Crippen LogP contribution in [0.3, 0.4) is 0 Å². The van der Waals surface area contributed by atoms with Gasteiger partial charge in [-0.3, -0.25) is 9.20 Å². The molecular formula is C20H17F4N7O2S. The van der Waals surface area contributed by atoms with Crippen LogP contribution < -0.4 is 5.32 Å². The maximum absolute atomic E-state index is 14.0. The number of carbonyl (C=O) groups excluding carboxylic acids is 1. The molecule has 0 unspecified atom stereocenters. The van der Waals surface area contributed by atoms with Crippen LogP contribution in [-0.4, -0.2) is 46.8 Å². The van der Waals surface area contributed by atoms with E-state index in [1.165, 1.54) is 37.2 Å². The molecule has 0 atom stereocenters. The first kappa shape index (κ1) is 23.4. The fraction of sp³-hybridized carbons (Fsp3) is 0.200. The second-order valence-corrected chi connectivity index (χ2v) is 10.1. The van der Waals surface area contributed by atoms with Crippen molar-refractivity contribution in [3.8, 4) is 5.82 Å². The van der Waals surface area contributed by atoms with Crippen molar-refractivity contribution in [1.82, 2.24) is 24.1 Å². The molecule has 0 saturated heterocycles. The third-order valence-corrected chi connectivity index (χ3v) is 5.21. The monoisotopic (exact) mass is 495 g/mol. The summed E-state index contributed by atoms with van der Waals surface area (Å²) in [7, 11) is -2.48. The summed E-state index contributed by atoms with van der Waals surface area (Å²) in [5.74, 6) is -1.78. The van der Waals surface area contributed by atoms with Gasteiger partial charge in [0.15, 0.2) is 23.0 Å². The van der Waals surface area contributed by atoms with Gasteiger partial charge in [-0.2, -0.15) is 22.6 Å². The number of fused-ring (bicyclic) bond motifs is 1. The summed E-state index contributed by atoms with van der Waals surface area (Å²) in [4.78, 5) is 20.6. The molecule has 4 aromatic rings. The van der Waals surface area contributed by atoms with Crippen LogP contribution in [0.2, 0.25) is 0 Å². The molecule has 9 nitrogen and oxygen atoms in total. The van der Waals surface area contributed by atoms with Crippen molar-refractivity contribution < 1.29 is 26.6 Å². The van der Waals surface area contributed by atoms with Gasteiger partial charge in [-0.05, 0) is 30.7 Å². The summed E-state index contributed by atoms with van der Waals surface area (Å²) < 4.78 is 73.5. The van der Waals surface area contributed by atoms with Gasteiger partial charge in [-0.25, -0.2) is 23.2 Å². The van der Waals surface area contributed by atoms with Crippen molar-refractivity contribution >= 4 is 32.8 Å².